The van der Waals surface area contributed by atoms with Crippen molar-refractivity contribution in [2.75, 3.05) is 7.11 Å². The highest BCUT2D eigenvalue weighted by atomic mass is 16.5. The zero-order valence-corrected chi connectivity index (χ0v) is 13.4. The Morgan fingerprint density at radius 1 is 1.10 bits per heavy atom. The van der Waals surface area contributed by atoms with Crippen LogP contribution in [0.4, 0.5) is 0 Å². The van der Waals surface area contributed by atoms with Crippen molar-refractivity contribution < 1.29 is 4.74 Å². The molecule has 0 saturated carbocycles. The van der Waals surface area contributed by atoms with Crippen LogP contribution in [0.5, 0.6) is 5.75 Å². The quantitative estimate of drug-likeness (QED) is 0.936. The summed E-state index contributed by atoms with van der Waals surface area (Å²) in [5, 5.41) is 3.45. The third-order valence-electron chi connectivity index (χ3n) is 3.06. The van der Waals surface area contributed by atoms with E-state index in [1.54, 1.807) is 7.11 Å². The lowest BCUT2D eigenvalue weighted by atomic mass is 10.1. The highest BCUT2D eigenvalue weighted by molar-refractivity contribution is 5.56. The van der Waals surface area contributed by atoms with E-state index < -0.39 is 0 Å². The van der Waals surface area contributed by atoms with E-state index in [2.05, 4.69) is 36.1 Å². The highest BCUT2D eigenvalue weighted by Crippen LogP contribution is 2.20. The second-order valence-corrected chi connectivity index (χ2v) is 6.16. The van der Waals surface area contributed by atoms with Crippen LogP contribution in [-0.4, -0.2) is 22.6 Å². The van der Waals surface area contributed by atoms with Gasteiger partial charge in [-0.15, -0.1) is 0 Å². The Morgan fingerprint density at radius 3 is 2.33 bits per heavy atom. The molecule has 112 valence electrons. The van der Waals surface area contributed by atoms with Gasteiger partial charge in [0.1, 0.15) is 5.75 Å². The van der Waals surface area contributed by atoms with E-state index in [-0.39, 0.29) is 5.54 Å². The molecule has 0 aliphatic carbocycles. The van der Waals surface area contributed by atoms with Gasteiger partial charge in [0, 0.05) is 23.3 Å². The van der Waals surface area contributed by atoms with Gasteiger partial charge in [0.2, 0.25) is 0 Å². The summed E-state index contributed by atoms with van der Waals surface area (Å²) in [4.78, 5) is 9.17. The minimum atomic E-state index is 0.0686. The zero-order chi connectivity index (χ0) is 15.5. The molecule has 0 fully saturated rings. The number of aromatic nitrogens is 2. The first kappa shape index (κ1) is 15.4. The Kier molecular flexibility index (Phi) is 4.58. The average molecular weight is 285 g/mol. The summed E-state index contributed by atoms with van der Waals surface area (Å²) >= 11 is 0. The first-order chi connectivity index (χ1) is 9.87. The molecule has 4 heteroatoms. The molecule has 0 aliphatic heterocycles. The predicted octanol–water partition coefficient (Wildman–Crippen LogP) is 3.35. The van der Waals surface area contributed by atoms with Crippen LogP contribution in [0.15, 0.2) is 30.3 Å². The van der Waals surface area contributed by atoms with E-state index in [1.807, 2.05) is 37.3 Å². The lowest BCUT2D eigenvalue weighted by Crippen LogP contribution is -2.35. The van der Waals surface area contributed by atoms with Gasteiger partial charge in [0.15, 0.2) is 5.82 Å². The van der Waals surface area contributed by atoms with Gasteiger partial charge in [-0.25, -0.2) is 9.97 Å². The van der Waals surface area contributed by atoms with Crippen molar-refractivity contribution in [1.29, 1.82) is 0 Å². The SMILES string of the molecule is COc1ccc(-c2nc(C)cc(CNC(C)(C)C)n2)cc1. The summed E-state index contributed by atoms with van der Waals surface area (Å²) in [7, 11) is 1.66. The Hall–Kier alpha value is -1.94. The average Bonchev–Trinajstić information content (AvgIpc) is 2.44. The van der Waals surface area contributed by atoms with Crippen LogP contribution < -0.4 is 10.1 Å². The number of methoxy groups -OCH3 is 1. The minimum Gasteiger partial charge on any atom is -0.497 e. The molecule has 0 unspecified atom stereocenters. The number of nitrogens with one attached hydrogen (secondary N) is 1. The molecule has 0 spiro atoms. The molecule has 21 heavy (non-hydrogen) atoms. The number of benzene rings is 1. The fourth-order valence-electron chi connectivity index (χ4n) is 1.95. The van der Waals surface area contributed by atoms with Crippen LogP contribution in [0.25, 0.3) is 11.4 Å². The number of rotatable bonds is 4. The third kappa shape index (κ3) is 4.53. The fraction of sp³-hybridized carbons (Fsp3) is 0.412. The zero-order valence-electron chi connectivity index (χ0n) is 13.4. The third-order valence-corrected chi connectivity index (χ3v) is 3.06. The monoisotopic (exact) mass is 285 g/mol. The van der Waals surface area contributed by atoms with Gasteiger partial charge in [0.05, 0.1) is 12.8 Å². The number of hydrogen-bond donors (Lipinski definition) is 1. The maximum atomic E-state index is 5.18. The summed E-state index contributed by atoms with van der Waals surface area (Å²) in [6, 6.07) is 9.83. The van der Waals surface area contributed by atoms with Gasteiger partial charge in [-0.2, -0.15) is 0 Å². The topological polar surface area (TPSA) is 47.0 Å². The molecular formula is C17H23N3O. The summed E-state index contributed by atoms with van der Waals surface area (Å²) in [6.45, 7) is 9.16. The Bertz CT molecular complexity index is 600. The van der Waals surface area contributed by atoms with E-state index in [4.69, 9.17) is 4.74 Å². The molecule has 1 N–H and O–H groups in total. The molecule has 1 aromatic carbocycles. The lowest BCUT2D eigenvalue weighted by molar-refractivity contribution is 0.415. The molecule has 0 saturated heterocycles. The first-order valence-electron chi connectivity index (χ1n) is 7.11. The van der Waals surface area contributed by atoms with E-state index >= 15 is 0 Å². The molecule has 0 amide bonds. The van der Waals surface area contributed by atoms with Crippen LogP contribution >= 0.6 is 0 Å². The standard InChI is InChI=1S/C17H23N3O/c1-12-10-14(11-18-17(2,3)4)20-16(19-12)13-6-8-15(21-5)9-7-13/h6-10,18H,11H2,1-5H3. The van der Waals surface area contributed by atoms with Crippen LogP contribution in [0.2, 0.25) is 0 Å². The van der Waals surface area contributed by atoms with E-state index in [0.717, 1.165) is 35.1 Å². The van der Waals surface area contributed by atoms with Crippen molar-refractivity contribution in [2.24, 2.45) is 0 Å². The minimum absolute atomic E-state index is 0.0686. The molecule has 4 nitrogen and oxygen atoms in total. The van der Waals surface area contributed by atoms with Crippen molar-refractivity contribution in [1.82, 2.24) is 15.3 Å². The fourth-order valence-corrected chi connectivity index (χ4v) is 1.95. The largest absolute Gasteiger partial charge is 0.497 e. The molecule has 1 heterocycles. The van der Waals surface area contributed by atoms with E-state index in [9.17, 15) is 0 Å². The van der Waals surface area contributed by atoms with Crippen LogP contribution in [-0.2, 0) is 6.54 Å². The van der Waals surface area contributed by atoms with Crippen molar-refractivity contribution in [3.63, 3.8) is 0 Å². The van der Waals surface area contributed by atoms with E-state index in [0.29, 0.717) is 0 Å². The second kappa shape index (κ2) is 6.22. The molecule has 1 aromatic heterocycles. The smallest absolute Gasteiger partial charge is 0.159 e. The first-order valence-corrected chi connectivity index (χ1v) is 7.11. The summed E-state index contributed by atoms with van der Waals surface area (Å²) in [5.74, 6) is 1.59. The van der Waals surface area contributed by atoms with Crippen molar-refractivity contribution in [2.45, 2.75) is 39.8 Å². The summed E-state index contributed by atoms with van der Waals surface area (Å²) in [6.07, 6.45) is 0. The van der Waals surface area contributed by atoms with Gasteiger partial charge < -0.3 is 10.1 Å². The van der Waals surface area contributed by atoms with Gasteiger partial charge in [-0.05, 0) is 58.0 Å². The number of hydrogen-bond acceptors (Lipinski definition) is 4. The maximum Gasteiger partial charge on any atom is 0.159 e. The molecule has 0 atom stereocenters. The maximum absolute atomic E-state index is 5.18. The van der Waals surface area contributed by atoms with Crippen LogP contribution in [0.1, 0.15) is 32.2 Å². The van der Waals surface area contributed by atoms with Gasteiger partial charge in [0.25, 0.3) is 0 Å². The molecule has 0 aliphatic rings. The normalized spacial score (nSPS) is 11.5. The Balaban J connectivity index is 2.25. The Labute approximate surface area is 126 Å². The molecule has 2 rings (SSSR count). The number of nitrogens with zero attached hydrogens (tertiary/aromatic N) is 2. The van der Waals surface area contributed by atoms with Crippen molar-refractivity contribution >= 4 is 0 Å². The summed E-state index contributed by atoms with van der Waals surface area (Å²) < 4.78 is 5.18. The van der Waals surface area contributed by atoms with Crippen molar-refractivity contribution in [3.8, 4) is 17.1 Å². The second-order valence-electron chi connectivity index (χ2n) is 6.16. The van der Waals surface area contributed by atoms with Crippen molar-refractivity contribution in [3.05, 3.63) is 41.7 Å². The highest BCUT2D eigenvalue weighted by Gasteiger charge is 2.10. The molecule has 0 bridgehead atoms. The molecular weight excluding hydrogens is 262 g/mol. The lowest BCUT2D eigenvalue weighted by Gasteiger charge is -2.20. The van der Waals surface area contributed by atoms with E-state index in [1.165, 1.54) is 0 Å². The predicted molar refractivity (Wildman–Crippen MR) is 85.3 cm³/mol. The summed E-state index contributed by atoms with van der Waals surface area (Å²) in [5.41, 5.74) is 3.04. The number of ether oxygens (including phenoxy) is 1. The van der Waals surface area contributed by atoms with Crippen LogP contribution in [0.3, 0.4) is 0 Å². The van der Waals surface area contributed by atoms with Gasteiger partial charge in [-0.1, -0.05) is 0 Å². The van der Waals surface area contributed by atoms with Gasteiger partial charge in [-0.3, -0.25) is 0 Å². The molecule has 0 radical (unpaired) electrons. The molecule has 2 aromatic rings. The van der Waals surface area contributed by atoms with Crippen LogP contribution in [0, 0.1) is 6.92 Å². The Morgan fingerprint density at radius 2 is 1.76 bits per heavy atom. The number of aryl methyl sites for hydroxylation is 1. The van der Waals surface area contributed by atoms with Gasteiger partial charge >= 0.3 is 0 Å².